The van der Waals surface area contributed by atoms with Crippen LogP contribution in [0, 0.1) is 5.82 Å². The van der Waals surface area contributed by atoms with Crippen LogP contribution in [0.5, 0.6) is 5.88 Å². The average molecular weight is 384 g/mol. The van der Waals surface area contributed by atoms with Crippen LogP contribution in [0.15, 0.2) is 24.7 Å². The van der Waals surface area contributed by atoms with E-state index in [0.717, 1.165) is 18.3 Å². The van der Waals surface area contributed by atoms with Gasteiger partial charge in [-0.1, -0.05) is 6.92 Å². The summed E-state index contributed by atoms with van der Waals surface area (Å²) in [5.74, 6) is -1.26. The Morgan fingerprint density at radius 3 is 2.70 bits per heavy atom. The maximum Gasteiger partial charge on any atom is 0.433 e. The number of amides is 1. The highest BCUT2D eigenvalue weighted by molar-refractivity contribution is 5.94. The van der Waals surface area contributed by atoms with E-state index >= 15 is 0 Å². The summed E-state index contributed by atoms with van der Waals surface area (Å²) in [5.41, 5.74) is -0.778. The SMILES string of the molecule is CCc1ncnc(OC2CCN(C(=O)c3ccc(C(F)(F)F)nc3)C2)c1F. The minimum Gasteiger partial charge on any atom is -0.470 e. The van der Waals surface area contributed by atoms with Gasteiger partial charge in [-0.3, -0.25) is 9.78 Å². The molecule has 1 saturated heterocycles. The summed E-state index contributed by atoms with van der Waals surface area (Å²) < 4.78 is 57.3. The van der Waals surface area contributed by atoms with Gasteiger partial charge in [0.05, 0.1) is 17.8 Å². The number of alkyl halides is 3. The van der Waals surface area contributed by atoms with Crippen molar-refractivity contribution >= 4 is 5.91 Å². The monoisotopic (exact) mass is 384 g/mol. The molecule has 0 radical (unpaired) electrons. The van der Waals surface area contributed by atoms with Crippen LogP contribution >= 0.6 is 0 Å². The van der Waals surface area contributed by atoms with Gasteiger partial charge in [-0.05, 0) is 18.6 Å². The number of carbonyl (C=O) groups excluding carboxylic acids is 1. The molecule has 144 valence electrons. The number of aromatic nitrogens is 3. The van der Waals surface area contributed by atoms with Crippen molar-refractivity contribution in [3.8, 4) is 5.88 Å². The second-order valence-corrected chi connectivity index (χ2v) is 6.00. The van der Waals surface area contributed by atoms with Crippen LogP contribution in [-0.2, 0) is 12.6 Å². The molecule has 1 fully saturated rings. The number of rotatable bonds is 4. The number of aryl methyl sites for hydroxylation is 1. The van der Waals surface area contributed by atoms with Gasteiger partial charge in [-0.25, -0.2) is 4.98 Å². The number of carbonyl (C=O) groups is 1. The Hall–Kier alpha value is -2.78. The van der Waals surface area contributed by atoms with Gasteiger partial charge in [0.1, 0.15) is 18.1 Å². The highest BCUT2D eigenvalue weighted by Gasteiger charge is 2.33. The van der Waals surface area contributed by atoms with E-state index in [9.17, 15) is 22.4 Å². The number of nitrogens with zero attached hydrogens (tertiary/aromatic N) is 4. The number of halogens is 4. The van der Waals surface area contributed by atoms with Crippen molar-refractivity contribution in [1.29, 1.82) is 0 Å². The smallest absolute Gasteiger partial charge is 0.433 e. The molecule has 0 spiro atoms. The second-order valence-electron chi connectivity index (χ2n) is 6.00. The molecule has 10 heteroatoms. The first-order valence-corrected chi connectivity index (χ1v) is 8.28. The van der Waals surface area contributed by atoms with E-state index in [1.54, 1.807) is 6.92 Å². The van der Waals surface area contributed by atoms with Crippen LogP contribution in [0.4, 0.5) is 17.6 Å². The Balaban J connectivity index is 1.65. The Morgan fingerprint density at radius 1 is 1.30 bits per heavy atom. The molecule has 3 rings (SSSR count). The lowest BCUT2D eigenvalue weighted by Crippen LogP contribution is -2.31. The molecule has 3 heterocycles. The first-order chi connectivity index (χ1) is 12.8. The zero-order valence-electron chi connectivity index (χ0n) is 14.3. The Bertz CT molecular complexity index is 827. The third-order valence-electron chi connectivity index (χ3n) is 4.18. The molecule has 27 heavy (non-hydrogen) atoms. The largest absolute Gasteiger partial charge is 0.470 e. The maximum absolute atomic E-state index is 14.2. The van der Waals surface area contributed by atoms with Gasteiger partial charge in [0, 0.05) is 19.2 Å². The van der Waals surface area contributed by atoms with Crippen molar-refractivity contribution in [2.24, 2.45) is 0 Å². The molecule has 1 aliphatic heterocycles. The normalized spacial score (nSPS) is 17.2. The van der Waals surface area contributed by atoms with E-state index in [1.807, 2.05) is 0 Å². The van der Waals surface area contributed by atoms with Crippen molar-refractivity contribution in [2.75, 3.05) is 13.1 Å². The van der Waals surface area contributed by atoms with Gasteiger partial charge in [0.15, 0.2) is 0 Å². The maximum atomic E-state index is 14.2. The van der Waals surface area contributed by atoms with Crippen LogP contribution in [0.25, 0.3) is 0 Å². The fourth-order valence-electron chi connectivity index (χ4n) is 2.75. The van der Waals surface area contributed by atoms with Crippen molar-refractivity contribution in [3.63, 3.8) is 0 Å². The fourth-order valence-corrected chi connectivity index (χ4v) is 2.75. The average Bonchev–Trinajstić information content (AvgIpc) is 3.11. The van der Waals surface area contributed by atoms with Gasteiger partial charge in [0.2, 0.25) is 5.82 Å². The zero-order chi connectivity index (χ0) is 19.6. The van der Waals surface area contributed by atoms with Gasteiger partial charge >= 0.3 is 6.18 Å². The lowest BCUT2D eigenvalue weighted by atomic mass is 10.2. The predicted molar refractivity (Wildman–Crippen MR) is 85.5 cm³/mol. The molecule has 1 aliphatic rings. The summed E-state index contributed by atoms with van der Waals surface area (Å²) in [6, 6.07) is 1.85. The molecule has 1 atom stereocenters. The third kappa shape index (κ3) is 4.15. The molecule has 0 N–H and O–H groups in total. The Labute approximate surface area is 152 Å². The molecular formula is C17H16F4N4O2. The molecule has 1 amide bonds. The highest BCUT2D eigenvalue weighted by Crippen LogP contribution is 2.27. The molecule has 2 aromatic heterocycles. The minimum atomic E-state index is -4.56. The van der Waals surface area contributed by atoms with E-state index < -0.39 is 29.7 Å². The van der Waals surface area contributed by atoms with Crippen molar-refractivity contribution in [2.45, 2.75) is 32.0 Å². The standard InChI is InChI=1S/C17H16F4N4O2/c1-2-12-14(18)15(24-9-23-12)27-11-5-6-25(8-11)16(26)10-3-4-13(22-7-10)17(19,20)21/h3-4,7,9,11H,2,5-6,8H2,1H3. The predicted octanol–water partition coefficient (Wildman–Crippen LogP) is 2.89. The minimum absolute atomic E-state index is 0.0464. The molecule has 6 nitrogen and oxygen atoms in total. The lowest BCUT2D eigenvalue weighted by Gasteiger charge is -2.17. The summed E-state index contributed by atoms with van der Waals surface area (Å²) >= 11 is 0. The number of hydrogen-bond donors (Lipinski definition) is 0. The Kier molecular flexibility index (Phi) is 5.24. The molecule has 2 aromatic rings. The number of hydrogen-bond acceptors (Lipinski definition) is 5. The third-order valence-corrected chi connectivity index (χ3v) is 4.18. The van der Waals surface area contributed by atoms with Crippen LogP contribution < -0.4 is 4.74 Å². The lowest BCUT2D eigenvalue weighted by molar-refractivity contribution is -0.141. The quantitative estimate of drug-likeness (QED) is 0.759. The number of likely N-dealkylation sites (tertiary alicyclic amines) is 1. The zero-order valence-corrected chi connectivity index (χ0v) is 14.3. The van der Waals surface area contributed by atoms with Crippen LogP contribution in [0.1, 0.15) is 35.1 Å². The van der Waals surface area contributed by atoms with Gasteiger partial charge in [-0.15, -0.1) is 0 Å². The number of pyridine rings is 1. The molecule has 0 aliphatic carbocycles. The van der Waals surface area contributed by atoms with Gasteiger partial charge in [-0.2, -0.15) is 22.5 Å². The van der Waals surface area contributed by atoms with Gasteiger partial charge < -0.3 is 9.64 Å². The van der Waals surface area contributed by atoms with E-state index in [0.29, 0.717) is 19.4 Å². The first kappa shape index (κ1) is 19.0. The van der Waals surface area contributed by atoms with Crippen LogP contribution in [0.3, 0.4) is 0 Å². The van der Waals surface area contributed by atoms with E-state index in [1.165, 1.54) is 11.2 Å². The van der Waals surface area contributed by atoms with E-state index in [2.05, 4.69) is 15.0 Å². The summed E-state index contributed by atoms with van der Waals surface area (Å²) in [4.78, 5) is 24.7. The molecule has 0 aromatic carbocycles. The molecule has 1 unspecified atom stereocenters. The molecule has 0 saturated carbocycles. The van der Waals surface area contributed by atoms with Crippen molar-refractivity contribution in [1.82, 2.24) is 19.9 Å². The summed E-state index contributed by atoms with van der Waals surface area (Å²) in [6.45, 7) is 2.26. The summed E-state index contributed by atoms with van der Waals surface area (Å²) in [6.07, 6.45) is -2.08. The van der Waals surface area contributed by atoms with Crippen molar-refractivity contribution < 1.29 is 27.1 Å². The highest BCUT2D eigenvalue weighted by atomic mass is 19.4. The fraction of sp³-hybridized carbons (Fsp3) is 0.412. The molecule has 0 bridgehead atoms. The molecular weight excluding hydrogens is 368 g/mol. The second kappa shape index (κ2) is 7.45. The van der Waals surface area contributed by atoms with E-state index in [4.69, 9.17) is 4.74 Å². The van der Waals surface area contributed by atoms with E-state index in [-0.39, 0.29) is 23.7 Å². The summed E-state index contributed by atoms with van der Waals surface area (Å²) in [5, 5.41) is 0. The summed E-state index contributed by atoms with van der Waals surface area (Å²) in [7, 11) is 0. The first-order valence-electron chi connectivity index (χ1n) is 8.28. The topological polar surface area (TPSA) is 68.2 Å². The van der Waals surface area contributed by atoms with Gasteiger partial charge in [0.25, 0.3) is 11.8 Å². The number of ether oxygens (including phenoxy) is 1. The van der Waals surface area contributed by atoms with Crippen LogP contribution in [0.2, 0.25) is 0 Å². The Morgan fingerprint density at radius 2 is 2.07 bits per heavy atom. The van der Waals surface area contributed by atoms with Crippen molar-refractivity contribution in [3.05, 3.63) is 47.4 Å². The van der Waals surface area contributed by atoms with Crippen LogP contribution in [-0.4, -0.2) is 45.0 Å².